The summed E-state index contributed by atoms with van der Waals surface area (Å²) >= 11 is 0. The van der Waals surface area contributed by atoms with Gasteiger partial charge in [-0.2, -0.15) is 0 Å². The predicted octanol–water partition coefficient (Wildman–Crippen LogP) is 1.21. The molecule has 1 aliphatic rings. The van der Waals surface area contributed by atoms with E-state index in [-0.39, 0.29) is 19.1 Å². The van der Waals surface area contributed by atoms with E-state index in [2.05, 4.69) is 13.8 Å². The second-order valence-corrected chi connectivity index (χ2v) is 6.60. The number of primary amides is 1. The monoisotopic (exact) mass is 348 g/mol. The molecule has 0 saturated carbocycles. The average molecular weight is 348 g/mol. The molecule has 0 unspecified atom stereocenters. The second-order valence-electron chi connectivity index (χ2n) is 6.60. The summed E-state index contributed by atoms with van der Waals surface area (Å²) in [5, 5.41) is 0. The topological polar surface area (TPSA) is 98.9 Å². The number of carbonyl (C=O) groups is 3. The molecule has 1 aliphatic heterocycles. The highest BCUT2D eigenvalue weighted by molar-refractivity contribution is 5.91. The first kappa shape index (κ1) is 18.8. The zero-order valence-electron chi connectivity index (χ0n) is 14.6. The molecule has 0 radical (unpaired) electrons. The van der Waals surface area contributed by atoms with Gasteiger partial charge in [-0.15, -0.1) is 0 Å². The van der Waals surface area contributed by atoms with E-state index in [0.717, 1.165) is 6.42 Å². The van der Waals surface area contributed by atoms with E-state index >= 15 is 0 Å². The molecular weight excluding hydrogens is 324 g/mol. The molecule has 0 aromatic heterocycles. The van der Waals surface area contributed by atoms with Gasteiger partial charge in [-0.1, -0.05) is 13.8 Å². The smallest absolute Gasteiger partial charge is 0.338 e. The third-order valence-electron chi connectivity index (χ3n) is 4.02. The van der Waals surface area contributed by atoms with Crippen LogP contribution in [0.2, 0.25) is 0 Å². The van der Waals surface area contributed by atoms with Crippen LogP contribution in [0.25, 0.3) is 0 Å². The lowest BCUT2D eigenvalue weighted by Gasteiger charge is -2.34. The number of nitrogens with zero attached hydrogens (tertiary/aromatic N) is 1. The second kappa shape index (κ2) is 8.50. The number of esters is 1. The van der Waals surface area contributed by atoms with Gasteiger partial charge in [0, 0.05) is 13.1 Å². The van der Waals surface area contributed by atoms with Crippen LogP contribution in [0, 0.1) is 11.8 Å². The molecule has 1 aromatic carbocycles. The van der Waals surface area contributed by atoms with E-state index in [1.165, 1.54) is 24.3 Å². The van der Waals surface area contributed by atoms with E-state index in [1.54, 1.807) is 4.90 Å². The molecule has 0 aliphatic carbocycles. The molecule has 1 saturated heterocycles. The zero-order valence-corrected chi connectivity index (χ0v) is 14.6. The van der Waals surface area contributed by atoms with Gasteiger partial charge in [-0.25, -0.2) is 4.79 Å². The van der Waals surface area contributed by atoms with Crippen LogP contribution in [0.1, 0.15) is 30.6 Å². The molecule has 25 heavy (non-hydrogen) atoms. The largest absolute Gasteiger partial charge is 0.484 e. The lowest BCUT2D eigenvalue weighted by molar-refractivity contribution is -0.137. The van der Waals surface area contributed by atoms with Gasteiger partial charge in [0.1, 0.15) is 5.75 Å². The number of piperidine rings is 1. The van der Waals surface area contributed by atoms with Crippen molar-refractivity contribution in [3.63, 3.8) is 0 Å². The number of nitrogens with two attached hydrogens (primary N) is 1. The highest BCUT2D eigenvalue weighted by atomic mass is 16.5. The Morgan fingerprint density at radius 1 is 1.08 bits per heavy atom. The predicted molar refractivity (Wildman–Crippen MR) is 90.9 cm³/mol. The first-order chi connectivity index (χ1) is 11.8. The Labute approximate surface area is 147 Å². The van der Waals surface area contributed by atoms with Gasteiger partial charge in [0.2, 0.25) is 0 Å². The van der Waals surface area contributed by atoms with Crippen LogP contribution in [0.4, 0.5) is 0 Å². The molecule has 1 heterocycles. The van der Waals surface area contributed by atoms with E-state index in [0.29, 0.717) is 36.2 Å². The van der Waals surface area contributed by atoms with E-state index in [9.17, 15) is 14.4 Å². The van der Waals surface area contributed by atoms with Crippen molar-refractivity contribution in [3.05, 3.63) is 29.8 Å². The lowest BCUT2D eigenvalue weighted by Crippen LogP contribution is -2.44. The van der Waals surface area contributed by atoms with E-state index in [1.807, 2.05) is 0 Å². The first-order valence-electron chi connectivity index (χ1n) is 8.31. The minimum atomic E-state index is -0.580. The molecule has 0 bridgehead atoms. The number of benzene rings is 1. The van der Waals surface area contributed by atoms with Gasteiger partial charge in [0.05, 0.1) is 5.56 Å². The van der Waals surface area contributed by atoms with Gasteiger partial charge in [0.15, 0.2) is 13.2 Å². The van der Waals surface area contributed by atoms with Crippen molar-refractivity contribution in [1.29, 1.82) is 0 Å². The van der Waals surface area contributed by atoms with Crippen molar-refractivity contribution < 1.29 is 23.9 Å². The van der Waals surface area contributed by atoms with Crippen molar-refractivity contribution in [2.24, 2.45) is 17.6 Å². The van der Waals surface area contributed by atoms with Crippen LogP contribution in [-0.2, 0) is 14.3 Å². The fourth-order valence-corrected chi connectivity index (χ4v) is 3.01. The number of hydrogen-bond donors (Lipinski definition) is 1. The maximum absolute atomic E-state index is 12.2. The molecule has 2 N–H and O–H groups in total. The minimum absolute atomic E-state index is 0.173. The number of rotatable bonds is 6. The van der Waals surface area contributed by atoms with Crippen molar-refractivity contribution in [1.82, 2.24) is 4.90 Å². The number of hydrogen-bond acceptors (Lipinski definition) is 5. The highest BCUT2D eigenvalue weighted by Crippen LogP contribution is 2.21. The Bertz CT molecular complexity index is 619. The number of amides is 2. The van der Waals surface area contributed by atoms with Gasteiger partial charge < -0.3 is 20.1 Å². The van der Waals surface area contributed by atoms with Crippen LogP contribution in [-0.4, -0.2) is 49.0 Å². The third-order valence-corrected chi connectivity index (χ3v) is 4.02. The Balaban J connectivity index is 1.83. The third kappa shape index (κ3) is 5.77. The normalized spacial score (nSPS) is 20.0. The summed E-state index contributed by atoms with van der Waals surface area (Å²) < 4.78 is 10.2. The summed E-state index contributed by atoms with van der Waals surface area (Å²) in [6.45, 7) is 5.13. The minimum Gasteiger partial charge on any atom is -0.484 e. The van der Waals surface area contributed by atoms with Crippen LogP contribution in [0.3, 0.4) is 0 Å². The SMILES string of the molecule is C[C@H]1C[C@H](C)CN(C(=O)COC(=O)c2ccc(OCC(N)=O)cc2)C1. The summed E-state index contributed by atoms with van der Waals surface area (Å²) in [5.74, 6) is -0.000155. The highest BCUT2D eigenvalue weighted by Gasteiger charge is 2.26. The molecule has 1 fully saturated rings. The molecule has 136 valence electrons. The fraction of sp³-hybridized carbons (Fsp3) is 0.500. The summed E-state index contributed by atoms with van der Waals surface area (Å²) in [6.07, 6.45) is 1.10. The quantitative estimate of drug-likeness (QED) is 0.779. The van der Waals surface area contributed by atoms with Crippen molar-refractivity contribution in [2.45, 2.75) is 20.3 Å². The average Bonchev–Trinajstić information content (AvgIpc) is 2.57. The maximum atomic E-state index is 12.2. The zero-order chi connectivity index (χ0) is 18.4. The van der Waals surface area contributed by atoms with E-state index < -0.39 is 11.9 Å². The summed E-state index contributed by atoms with van der Waals surface area (Å²) in [6, 6.07) is 6.09. The van der Waals surface area contributed by atoms with Crippen molar-refractivity contribution in [3.8, 4) is 5.75 Å². The lowest BCUT2D eigenvalue weighted by atomic mass is 9.92. The van der Waals surface area contributed by atoms with Gasteiger partial charge in [-0.3, -0.25) is 9.59 Å². The van der Waals surface area contributed by atoms with Crippen LogP contribution in [0.5, 0.6) is 5.75 Å². The number of likely N-dealkylation sites (tertiary alicyclic amines) is 1. The van der Waals surface area contributed by atoms with Crippen molar-refractivity contribution in [2.75, 3.05) is 26.3 Å². The van der Waals surface area contributed by atoms with Crippen LogP contribution < -0.4 is 10.5 Å². The Morgan fingerprint density at radius 2 is 1.68 bits per heavy atom. The number of ether oxygens (including phenoxy) is 2. The molecule has 1 aromatic rings. The van der Waals surface area contributed by atoms with Crippen LogP contribution >= 0.6 is 0 Å². The summed E-state index contributed by atoms with van der Waals surface area (Å²) in [7, 11) is 0. The Morgan fingerprint density at radius 3 is 2.24 bits per heavy atom. The van der Waals surface area contributed by atoms with E-state index in [4.69, 9.17) is 15.2 Å². The summed E-state index contributed by atoms with van der Waals surface area (Å²) in [5.41, 5.74) is 5.30. The standard InChI is InChI=1S/C18H24N2O5/c1-12-7-13(2)9-20(8-12)17(22)11-25-18(23)14-3-5-15(6-4-14)24-10-16(19)21/h3-6,12-13H,7-11H2,1-2H3,(H2,19,21)/t12-,13-/m0/s1. The molecule has 2 rings (SSSR count). The molecule has 0 spiro atoms. The molecule has 7 heteroatoms. The summed E-state index contributed by atoms with van der Waals surface area (Å²) in [4.78, 5) is 36.7. The number of carbonyl (C=O) groups excluding carboxylic acids is 3. The molecular formula is C18H24N2O5. The molecule has 7 nitrogen and oxygen atoms in total. The van der Waals surface area contributed by atoms with Crippen LogP contribution in [0.15, 0.2) is 24.3 Å². The van der Waals surface area contributed by atoms with Gasteiger partial charge in [0.25, 0.3) is 11.8 Å². The van der Waals surface area contributed by atoms with Gasteiger partial charge >= 0.3 is 5.97 Å². The molecule has 2 atom stereocenters. The molecule has 2 amide bonds. The maximum Gasteiger partial charge on any atom is 0.338 e. The Hall–Kier alpha value is -2.57. The fourth-order valence-electron chi connectivity index (χ4n) is 3.01. The first-order valence-corrected chi connectivity index (χ1v) is 8.31. The Kier molecular flexibility index (Phi) is 6.38. The van der Waals surface area contributed by atoms with Gasteiger partial charge in [-0.05, 0) is 42.5 Å². The van der Waals surface area contributed by atoms with Crippen molar-refractivity contribution >= 4 is 17.8 Å².